The van der Waals surface area contributed by atoms with Gasteiger partial charge in [0.05, 0.1) is 23.0 Å². The molecule has 1 aliphatic heterocycles. The predicted molar refractivity (Wildman–Crippen MR) is 119 cm³/mol. The Labute approximate surface area is 178 Å². The SMILES string of the molecule is CN(C)Cc1cccc(C2c3n[nH]c(=O)c4cc(F)cc(c34)NC2c2ccncc2)c1. The third-order valence-electron chi connectivity index (χ3n) is 5.69. The Morgan fingerprint density at radius 1 is 1.06 bits per heavy atom. The van der Waals surface area contributed by atoms with Crippen LogP contribution in [-0.4, -0.2) is 34.2 Å². The van der Waals surface area contributed by atoms with E-state index in [1.165, 1.54) is 17.7 Å². The summed E-state index contributed by atoms with van der Waals surface area (Å²) < 4.78 is 14.3. The van der Waals surface area contributed by atoms with E-state index in [-0.39, 0.29) is 12.0 Å². The van der Waals surface area contributed by atoms with E-state index in [0.29, 0.717) is 16.5 Å². The lowest BCUT2D eigenvalue weighted by Crippen LogP contribution is -2.28. The zero-order valence-corrected chi connectivity index (χ0v) is 17.3. The van der Waals surface area contributed by atoms with Crippen LogP contribution in [0.15, 0.2) is 65.7 Å². The maximum atomic E-state index is 14.3. The quantitative estimate of drug-likeness (QED) is 0.530. The average molecular weight is 415 g/mol. The summed E-state index contributed by atoms with van der Waals surface area (Å²) in [5.41, 5.74) is 4.17. The summed E-state index contributed by atoms with van der Waals surface area (Å²) in [4.78, 5) is 18.7. The smallest absolute Gasteiger partial charge is 0.272 e. The molecule has 2 aromatic carbocycles. The molecule has 2 aromatic heterocycles. The number of rotatable bonds is 4. The molecule has 1 aliphatic rings. The van der Waals surface area contributed by atoms with Crippen molar-refractivity contribution in [2.45, 2.75) is 18.5 Å². The number of nitrogens with one attached hydrogen (secondary N) is 2. The highest BCUT2D eigenvalue weighted by Crippen LogP contribution is 2.46. The van der Waals surface area contributed by atoms with Crippen LogP contribution in [0.4, 0.5) is 10.1 Å². The highest BCUT2D eigenvalue weighted by molar-refractivity contribution is 5.97. The molecule has 0 spiro atoms. The number of hydrogen-bond acceptors (Lipinski definition) is 5. The van der Waals surface area contributed by atoms with Gasteiger partial charge in [0.25, 0.3) is 5.56 Å². The van der Waals surface area contributed by atoms with Crippen LogP contribution in [-0.2, 0) is 6.54 Å². The summed E-state index contributed by atoms with van der Waals surface area (Å²) in [6, 6.07) is 14.8. The number of aromatic nitrogens is 3. The van der Waals surface area contributed by atoms with Gasteiger partial charge in [-0.15, -0.1) is 0 Å². The summed E-state index contributed by atoms with van der Waals surface area (Å²) in [6.45, 7) is 0.810. The Bertz CT molecular complexity index is 1320. The number of benzene rings is 2. The fourth-order valence-corrected chi connectivity index (χ4v) is 4.48. The summed E-state index contributed by atoms with van der Waals surface area (Å²) in [6.07, 6.45) is 3.49. The van der Waals surface area contributed by atoms with Crippen molar-refractivity contribution in [2.75, 3.05) is 19.4 Å². The van der Waals surface area contributed by atoms with Gasteiger partial charge in [-0.3, -0.25) is 9.78 Å². The Morgan fingerprint density at radius 3 is 2.65 bits per heavy atom. The summed E-state index contributed by atoms with van der Waals surface area (Å²) >= 11 is 0. The monoisotopic (exact) mass is 415 g/mol. The van der Waals surface area contributed by atoms with E-state index in [4.69, 9.17) is 0 Å². The molecular weight excluding hydrogens is 393 g/mol. The molecule has 31 heavy (non-hydrogen) atoms. The van der Waals surface area contributed by atoms with E-state index < -0.39 is 11.4 Å². The molecule has 0 saturated heterocycles. The van der Waals surface area contributed by atoms with Crippen molar-refractivity contribution in [1.29, 1.82) is 0 Å². The van der Waals surface area contributed by atoms with Crippen LogP contribution in [0.2, 0.25) is 0 Å². The number of halogens is 1. The molecule has 0 radical (unpaired) electrons. The molecule has 3 heterocycles. The summed E-state index contributed by atoms with van der Waals surface area (Å²) in [7, 11) is 4.07. The lowest BCUT2D eigenvalue weighted by Gasteiger charge is -2.35. The van der Waals surface area contributed by atoms with Gasteiger partial charge < -0.3 is 10.2 Å². The second-order valence-corrected chi connectivity index (χ2v) is 8.18. The molecule has 156 valence electrons. The van der Waals surface area contributed by atoms with E-state index in [1.54, 1.807) is 12.4 Å². The number of aromatic amines is 1. The molecule has 0 saturated carbocycles. The zero-order chi connectivity index (χ0) is 21.5. The van der Waals surface area contributed by atoms with Gasteiger partial charge in [0.2, 0.25) is 0 Å². The van der Waals surface area contributed by atoms with Crippen molar-refractivity contribution < 1.29 is 4.39 Å². The first-order chi connectivity index (χ1) is 15.0. The second-order valence-electron chi connectivity index (χ2n) is 8.18. The maximum absolute atomic E-state index is 14.3. The minimum Gasteiger partial charge on any atom is -0.377 e. The summed E-state index contributed by atoms with van der Waals surface area (Å²) in [5.74, 6) is -0.639. The van der Waals surface area contributed by atoms with Crippen molar-refractivity contribution in [3.63, 3.8) is 0 Å². The number of anilines is 1. The molecule has 0 fully saturated rings. The lowest BCUT2D eigenvalue weighted by atomic mass is 9.80. The van der Waals surface area contributed by atoms with Gasteiger partial charge in [0.15, 0.2) is 0 Å². The van der Waals surface area contributed by atoms with E-state index >= 15 is 0 Å². The largest absolute Gasteiger partial charge is 0.377 e. The van der Waals surface area contributed by atoms with Crippen molar-refractivity contribution in [1.82, 2.24) is 20.1 Å². The van der Waals surface area contributed by atoms with Crippen molar-refractivity contribution in [2.24, 2.45) is 0 Å². The topological polar surface area (TPSA) is 73.9 Å². The van der Waals surface area contributed by atoms with Gasteiger partial charge >= 0.3 is 0 Å². The molecule has 5 rings (SSSR count). The third kappa shape index (κ3) is 3.47. The number of nitrogens with zero attached hydrogens (tertiary/aromatic N) is 3. The lowest BCUT2D eigenvalue weighted by molar-refractivity contribution is 0.402. The molecule has 0 amide bonds. The van der Waals surface area contributed by atoms with E-state index in [9.17, 15) is 9.18 Å². The summed E-state index contributed by atoms with van der Waals surface area (Å²) in [5, 5.41) is 11.5. The maximum Gasteiger partial charge on any atom is 0.272 e. The van der Waals surface area contributed by atoms with Crippen LogP contribution in [0.5, 0.6) is 0 Å². The Morgan fingerprint density at radius 2 is 1.87 bits per heavy atom. The standard InChI is InChI=1S/C24H22FN5O/c1-30(2)13-14-4-3-5-16(10-14)20-22(15-6-8-26-9-7-15)27-19-12-17(25)11-18-21(19)23(20)28-29-24(18)31/h3-12,20,22,27H,13H2,1-2H3,(H,29,31). The van der Waals surface area contributed by atoms with Gasteiger partial charge in [0, 0.05) is 30.0 Å². The van der Waals surface area contributed by atoms with Crippen LogP contribution in [0.1, 0.15) is 34.3 Å². The van der Waals surface area contributed by atoms with Gasteiger partial charge in [-0.1, -0.05) is 24.3 Å². The molecule has 7 heteroatoms. The molecule has 2 unspecified atom stereocenters. The first-order valence-corrected chi connectivity index (χ1v) is 10.1. The Balaban J connectivity index is 1.76. The number of H-pyrrole nitrogens is 1. The van der Waals surface area contributed by atoms with E-state index in [0.717, 1.165) is 23.4 Å². The fourth-order valence-electron chi connectivity index (χ4n) is 4.48. The highest BCUT2D eigenvalue weighted by Gasteiger charge is 2.35. The minimum absolute atomic E-state index is 0.179. The van der Waals surface area contributed by atoms with Crippen LogP contribution in [0.3, 0.4) is 0 Å². The molecular formula is C24H22FN5O. The molecule has 4 aromatic rings. The average Bonchev–Trinajstić information content (AvgIpc) is 2.75. The normalized spacial score (nSPS) is 17.7. The molecule has 2 atom stereocenters. The Kier molecular flexibility index (Phi) is 4.75. The van der Waals surface area contributed by atoms with Crippen LogP contribution >= 0.6 is 0 Å². The van der Waals surface area contributed by atoms with Crippen molar-refractivity contribution >= 4 is 16.5 Å². The molecule has 6 nitrogen and oxygen atoms in total. The van der Waals surface area contributed by atoms with Gasteiger partial charge in [-0.05, 0) is 55.1 Å². The first-order valence-electron chi connectivity index (χ1n) is 10.1. The number of hydrogen-bond donors (Lipinski definition) is 2. The van der Waals surface area contributed by atoms with Crippen molar-refractivity contribution in [3.05, 3.63) is 99.5 Å². The third-order valence-corrected chi connectivity index (χ3v) is 5.69. The second kappa shape index (κ2) is 7.59. The highest BCUT2D eigenvalue weighted by atomic mass is 19.1. The van der Waals surface area contributed by atoms with E-state index in [2.05, 4.69) is 43.6 Å². The first kappa shape index (κ1) is 19.4. The van der Waals surface area contributed by atoms with Crippen LogP contribution in [0.25, 0.3) is 10.8 Å². The van der Waals surface area contributed by atoms with Crippen LogP contribution < -0.4 is 10.9 Å². The Hall–Kier alpha value is -3.58. The van der Waals surface area contributed by atoms with Crippen LogP contribution in [0, 0.1) is 5.82 Å². The zero-order valence-electron chi connectivity index (χ0n) is 17.3. The van der Waals surface area contributed by atoms with Gasteiger partial charge in [0.1, 0.15) is 5.82 Å². The van der Waals surface area contributed by atoms with Gasteiger partial charge in [-0.25, -0.2) is 9.49 Å². The predicted octanol–water partition coefficient (Wildman–Crippen LogP) is 3.82. The molecule has 0 aliphatic carbocycles. The van der Waals surface area contributed by atoms with Gasteiger partial charge in [-0.2, -0.15) is 5.10 Å². The molecule has 2 N–H and O–H groups in total. The van der Waals surface area contributed by atoms with Crippen molar-refractivity contribution in [3.8, 4) is 0 Å². The fraction of sp³-hybridized carbons (Fsp3) is 0.208. The minimum atomic E-state index is -0.461. The molecule has 0 bridgehead atoms. The number of pyridine rings is 1. The van der Waals surface area contributed by atoms with E-state index in [1.807, 2.05) is 32.3 Å².